The van der Waals surface area contributed by atoms with Crippen molar-refractivity contribution in [3.63, 3.8) is 0 Å². The molecule has 100 valence electrons. The Kier molecular flexibility index (Phi) is 3.33. The van der Waals surface area contributed by atoms with Crippen molar-refractivity contribution in [1.82, 2.24) is 9.97 Å². The summed E-state index contributed by atoms with van der Waals surface area (Å²) in [4.78, 5) is 19.8. The molecule has 0 fully saturated rings. The summed E-state index contributed by atoms with van der Waals surface area (Å²) in [7, 11) is 0. The van der Waals surface area contributed by atoms with Gasteiger partial charge < -0.3 is 4.98 Å². The van der Waals surface area contributed by atoms with Crippen molar-refractivity contribution in [2.45, 2.75) is 19.3 Å². The van der Waals surface area contributed by atoms with Gasteiger partial charge in [-0.25, -0.2) is 4.98 Å². The van der Waals surface area contributed by atoms with Crippen LogP contribution in [0, 0.1) is 0 Å². The fraction of sp³-hybridized carbons (Fsp3) is 0.176. The molecule has 3 rings (SSSR count). The third kappa shape index (κ3) is 2.23. The van der Waals surface area contributed by atoms with Crippen LogP contribution in [-0.4, -0.2) is 9.97 Å². The number of aromatic nitrogens is 2. The number of para-hydroxylation sites is 2. The second-order valence-corrected chi connectivity index (χ2v) is 4.84. The Morgan fingerprint density at radius 1 is 1.05 bits per heavy atom. The van der Waals surface area contributed by atoms with Crippen LogP contribution < -0.4 is 5.56 Å². The first-order valence-corrected chi connectivity index (χ1v) is 6.83. The molecule has 2 aromatic carbocycles. The number of fused-ring (bicyclic) bond motifs is 1. The maximum Gasteiger partial charge on any atom is 0.270 e. The van der Waals surface area contributed by atoms with Crippen LogP contribution in [0.3, 0.4) is 0 Å². The highest BCUT2D eigenvalue weighted by molar-refractivity contribution is 5.73. The monoisotopic (exact) mass is 264 g/mol. The molecule has 1 unspecified atom stereocenters. The molecule has 0 amide bonds. The largest absolute Gasteiger partial charge is 0.319 e. The first-order chi connectivity index (χ1) is 9.79. The summed E-state index contributed by atoms with van der Waals surface area (Å²) >= 11 is 0. The van der Waals surface area contributed by atoms with E-state index >= 15 is 0 Å². The molecule has 20 heavy (non-hydrogen) atoms. The second kappa shape index (κ2) is 5.29. The highest BCUT2D eigenvalue weighted by Crippen LogP contribution is 2.24. The summed E-state index contributed by atoms with van der Waals surface area (Å²) in [6, 6.07) is 17.7. The molecule has 0 aliphatic heterocycles. The summed E-state index contributed by atoms with van der Waals surface area (Å²) in [5, 5.41) is 0. The van der Waals surface area contributed by atoms with E-state index in [0.29, 0.717) is 5.69 Å². The maximum absolute atomic E-state index is 12.3. The fourth-order valence-corrected chi connectivity index (χ4v) is 2.55. The standard InChI is InChI=1S/C17H16N2O/c1-2-13(12-8-4-3-5-9-12)16-17(20)19-15-11-7-6-10-14(15)18-16/h3-11,13H,2H2,1H3,(H,19,20). The average molecular weight is 264 g/mol. The quantitative estimate of drug-likeness (QED) is 0.787. The zero-order valence-corrected chi connectivity index (χ0v) is 11.3. The predicted octanol–water partition coefficient (Wildman–Crippen LogP) is 3.47. The minimum atomic E-state index is -0.0978. The van der Waals surface area contributed by atoms with Crippen LogP contribution in [0.5, 0.6) is 0 Å². The summed E-state index contributed by atoms with van der Waals surface area (Å²) < 4.78 is 0. The average Bonchev–Trinajstić information content (AvgIpc) is 2.49. The van der Waals surface area contributed by atoms with Gasteiger partial charge in [0.2, 0.25) is 0 Å². The topological polar surface area (TPSA) is 45.8 Å². The van der Waals surface area contributed by atoms with Gasteiger partial charge in [0.05, 0.1) is 11.0 Å². The van der Waals surface area contributed by atoms with Crippen molar-refractivity contribution in [3.8, 4) is 0 Å². The molecule has 0 aliphatic rings. The van der Waals surface area contributed by atoms with Gasteiger partial charge >= 0.3 is 0 Å². The zero-order chi connectivity index (χ0) is 13.9. The van der Waals surface area contributed by atoms with E-state index in [-0.39, 0.29) is 11.5 Å². The van der Waals surface area contributed by atoms with E-state index in [9.17, 15) is 4.79 Å². The number of rotatable bonds is 3. The first kappa shape index (κ1) is 12.6. The lowest BCUT2D eigenvalue weighted by Crippen LogP contribution is -2.19. The van der Waals surface area contributed by atoms with Gasteiger partial charge in [-0.05, 0) is 24.1 Å². The Morgan fingerprint density at radius 2 is 1.75 bits per heavy atom. The van der Waals surface area contributed by atoms with Gasteiger partial charge in [0.1, 0.15) is 5.69 Å². The van der Waals surface area contributed by atoms with E-state index in [1.807, 2.05) is 54.6 Å². The minimum absolute atomic E-state index is 0.0320. The summed E-state index contributed by atoms with van der Waals surface area (Å²) in [5.41, 5.74) is 3.24. The van der Waals surface area contributed by atoms with Crippen molar-refractivity contribution >= 4 is 11.0 Å². The van der Waals surface area contributed by atoms with Crippen molar-refractivity contribution < 1.29 is 0 Å². The van der Waals surface area contributed by atoms with Gasteiger partial charge in [0.15, 0.2) is 0 Å². The highest BCUT2D eigenvalue weighted by Gasteiger charge is 2.17. The SMILES string of the molecule is CCC(c1ccccc1)c1nc2ccccc2[nH]c1=O. The molecule has 0 bridgehead atoms. The molecule has 1 N–H and O–H groups in total. The van der Waals surface area contributed by atoms with Gasteiger partial charge in [0.25, 0.3) is 5.56 Å². The van der Waals surface area contributed by atoms with Gasteiger partial charge in [0, 0.05) is 5.92 Å². The Balaban J connectivity index is 2.17. The van der Waals surface area contributed by atoms with E-state index in [2.05, 4.69) is 16.9 Å². The van der Waals surface area contributed by atoms with E-state index < -0.39 is 0 Å². The molecule has 0 spiro atoms. The number of hydrogen-bond acceptors (Lipinski definition) is 2. The van der Waals surface area contributed by atoms with E-state index in [1.54, 1.807) is 0 Å². The fourth-order valence-electron chi connectivity index (χ4n) is 2.55. The van der Waals surface area contributed by atoms with Crippen LogP contribution >= 0.6 is 0 Å². The number of hydrogen-bond donors (Lipinski definition) is 1. The van der Waals surface area contributed by atoms with Gasteiger partial charge in [-0.15, -0.1) is 0 Å². The molecule has 3 nitrogen and oxygen atoms in total. The zero-order valence-electron chi connectivity index (χ0n) is 11.3. The number of nitrogens with zero attached hydrogens (tertiary/aromatic N) is 1. The summed E-state index contributed by atoms with van der Waals surface area (Å²) in [6.45, 7) is 2.08. The van der Waals surface area contributed by atoms with Gasteiger partial charge in [-0.2, -0.15) is 0 Å². The predicted molar refractivity (Wildman–Crippen MR) is 80.9 cm³/mol. The third-order valence-corrected chi connectivity index (χ3v) is 3.57. The van der Waals surface area contributed by atoms with Crippen molar-refractivity contribution in [1.29, 1.82) is 0 Å². The molecule has 0 saturated heterocycles. The lowest BCUT2D eigenvalue weighted by molar-refractivity contribution is 0.739. The molecule has 0 saturated carbocycles. The van der Waals surface area contributed by atoms with Crippen LogP contribution in [-0.2, 0) is 0 Å². The van der Waals surface area contributed by atoms with Crippen LogP contribution in [0.1, 0.15) is 30.5 Å². The van der Waals surface area contributed by atoms with Gasteiger partial charge in [-0.3, -0.25) is 4.79 Å². The van der Waals surface area contributed by atoms with Crippen LogP contribution in [0.4, 0.5) is 0 Å². The Labute approximate surface area is 117 Å². The molecule has 1 heterocycles. The minimum Gasteiger partial charge on any atom is -0.319 e. The number of H-pyrrole nitrogens is 1. The van der Waals surface area contributed by atoms with Crippen LogP contribution in [0.15, 0.2) is 59.4 Å². The number of aromatic amines is 1. The number of benzene rings is 2. The van der Waals surface area contributed by atoms with Gasteiger partial charge in [-0.1, -0.05) is 49.4 Å². The number of nitrogens with one attached hydrogen (secondary N) is 1. The van der Waals surface area contributed by atoms with Crippen molar-refractivity contribution in [3.05, 3.63) is 76.2 Å². The van der Waals surface area contributed by atoms with E-state index in [4.69, 9.17) is 0 Å². The Morgan fingerprint density at radius 3 is 2.50 bits per heavy atom. The van der Waals surface area contributed by atoms with E-state index in [1.165, 1.54) is 0 Å². The molecule has 3 heteroatoms. The molecule has 1 atom stereocenters. The lowest BCUT2D eigenvalue weighted by Gasteiger charge is -2.14. The molecule has 0 aliphatic carbocycles. The van der Waals surface area contributed by atoms with Crippen molar-refractivity contribution in [2.24, 2.45) is 0 Å². The maximum atomic E-state index is 12.3. The smallest absolute Gasteiger partial charge is 0.270 e. The van der Waals surface area contributed by atoms with Crippen LogP contribution in [0.25, 0.3) is 11.0 Å². The molecular weight excluding hydrogens is 248 g/mol. The highest BCUT2D eigenvalue weighted by atomic mass is 16.1. The Bertz CT molecular complexity index is 778. The molecule has 0 radical (unpaired) electrons. The lowest BCUT2D eigenvalue weighted by atomic mass is 9.93. The summed E-state index contributed by atoms with van der Waals surface area (Å²) in [6.07, 6.45) is 0.846. The third-order valence-electron chi connectivity index (χ3n) is 3.57. The molecule has 3 aromatic rings. The molecule has 1 aromatic heterocycles. The van der Waals surface area contributed by atoms with Crippen LogP contribution in [0.2, 0.25) is 0 Å². The first-order valence-electron chi connectivity index (χ1n) is 6.83. The second-order valence-electron chi connectivity index (χ2n) is 4.84. The summed E-state index contributed by atoms with van der Waals surface area (Å²) in [5.74, 6) is 0.0320. The molecular formula is C17H16N2O. The Hall–Kier alpha value is -2.42. The van der Waals surface area contributed by atoms with Crippen molar-refractivity contribution in [2.75, 3.05) is 0 Å². The van der Waals surface area contributed by atoms with E-state index in [0.717, 1.165) is 23.0 Å². The normalized spacial score (nSPS) is 12.4.